The lowest BCUT2D eigenvalue weighted by Gasteiger charge is -2.22. The summed E-state index contributed by atoms with van der Waals surface area (Å²) in [5.74, 6) is 0.634. The van der Waals surface area contributed by atoms with Crippen LogP contribution >= 0.6 is 0 Å². The fraction of sp³-hybridized carbons (Fsp3) is 0.556. The van der Waals surface area contributed by atoms with Gasteiger partial charge in [0.2, 0.25) is 0 Å². The summed E-state index contributed by atoms with van der Waals surface area (Å²) in [6.45, 7) is 5.69. The van der Waals surface area contributed by atoms with Crippen LogP contribution in [0.25, 0.3) is 0 Å². The molecule has 6 nitrogen and oxygen atoms in total. The van der Waals surface area contributed by atoms with Crippen molar-refractivity contribution in [3.63, 3.8) is 0 Å². The lowest BCUT2D eigenvalue weighted by atomic mass is 9.96. The monoisotopic (exact) mass is 332 g/mol. The van der Waals surface area contributed by atoms with Crippen molar-refractivity contribution in [1.29, 1.82) is 0 Å². The van der Waals surface area contributed by atoms with E-state index in [1.54, 1.807) is 6.92 Å². The van der Waals surface area contributed by atoms with E-state index in [2.05, 4.69) is 5.32 Å². The van der Waals surface area contributed by atoms with Crippen molar-refractivity contribution in [3.8, 4) is 5.75 Å². The molecule has 1 aromatic rings. The van der Waals surface area contributed by atoms with Crippen LogP contribution in [0.5, 0.6) is 5.75 Å². The summed E-state index contributed by atoms with van der Waals surface area (Å²) >= 11 is 0. The van der Waals surface area contributed by atoms with Gasteiger partial charge in [-0.3, -0.25) is 9.69 Å². The Hall–Kier alpha value is -2.08. The van der Waals surface area contributed by atoms with Gasteiger partial charge in [-0.1, -0.05) is 6.07 Å². The van der Waals surface area contributed by atoms with Crippen molar-refractivity contribution in [1.82, 2.24) is 10.2 Å². The largest absolute Gasteiger partial charge is 0.491 e. The number of hydrogen-bond acceptors (Lipinski definition) is 4. The average molecular weight is 332 g/mol. The number of benzene rings is 1. The molecule has 24 heavy (non-hydrogen) atoms. The fourth-order valence-corrected chi connectivity index (χ4v) is 3.29. The molecule has 0 spiro atoms. The molecule has 1 aliphatic heterocycles. The molecule has 2 fully saturated rings. The minimum absolute atomic E-state index is 0.0279. The van der Waals surface area contributed by atoms with Gasteiger partial charge in [0.25, 0.3) is 5.91 Å². The highest BCUT2D eigenvalue weighted by atomic mass is 16.5. The predicted molar refractivity (Wildman–Crippen MR) is 88.8 cm³/mol. The number of carbonyl (C=O) groups is 2. The first-order chi connectivity index (χ1) is 11.3. The van der Waals surface area contributed by atoms with Crippen molar-refractivity contribution in [3.05, 3.63) is 29.3 Å². The molecule has 1 heterocycles. The van der Waals surface area contributed by atoms with Crippen LogP contribution in [-0.4, -0.2) is 46.7 Å². The average Bonchev–Trinajstić information content (AvgIpc) is 3.31. The number of aryl methyl sites for hydroxylation is 2. The van der Waals surface area contributed by atoms with E-state index >= 15 is 0 Å². The van der Waals surface area contributed by atoms with Crippen LogP contribution < -0.4 is 10.1 Å². The highest BCUT2D eigenvalue weighted by Crippen LogP contribution is 2.42. The molecular weight excluding hydrogens is 308 g/mol. The Kier molecular flexibility index (Phi) is 4.25. The highest BCUT2D eigenvalue weighted by Gasteiger charge is 2.56. The Bertz CT molecular complexity index is 651. The first kappa shape index (κ1) is 16.8. The number of nitrogens with zero attached hydrogens (tertiary/aromatic N) is 1. The Morgan fingerprint density at radius 3 is 2.50 bits per heavy atom. The Morgan fingerprint density at radius 2 is 1.92 bits per heavy atom. The maximum atomic E-state index is 12.5. The molecule has 1 aromatic carbocycles. The number of rotatable bonds is 6. The summed E-state index contributed by atoms with van der Waals surface area (Å²) in [5.41, 5.74) is 1.34. The van der Waals surface area contributed by atoms with Crippen molar-refractivity contribution in [2.45, 2.75) is 45.3 Å². The topological polar surface area (TPSA) is 78.9 Å². The van der Waals surface area contributed by atoms with Crippen molar-refractivity contribution in [2.75, 3.05) is 13.2 Å². The van der Waals surface area contributed by atoms with E-state index in [9.17, 15) is 14.7 Å². The zero-order chi connectivity index (χ0) is 17.5. The summed E-state index contributed by atoms with van der Waals surface area (Å²) in [5, 5.41) is 12.9. The molecule has 3 rings (SSSR count). The summed E-state index contributed by atoms with van der Waals surface area (Å²) in [4.78, 5) is 25.7. The van der Waals surface area contributed by atoms with Gasteiger partial charge in [-0.05, 0) is 62.8 Å². The molecule has 2 N–H and O–H groups in total. The second kappa shape index (κ2) is 6.09. The number of ether oxygens (including phenoxy) is 1. The Morgan fingerprint density at radius 1 is 1.29 bits per heavy atom. The van der Waals surface area contributed by atoms with Gasteiger partial charge < -0.3 is 15.2 Å². The van der Waals surface area contributed by atoms with E-state index in [0.717, 1.165) is 28.9 Å². The molecule has 0 aromatic heterocycles. The van der Waals surface area contributed by atoms with E-state index in [0.29, 0.717) is 5.75 Å². The SMILES string of the molecule is Cc1cc(C)cc(OCC(O)CN2C(=O)NC(C)(C3CC3)C2=O)c1. The van der Waals surface area contributed by atoms with Gasteiger partial charge in [-0.25, -0.2) is 4.79 Å². The minimum atomic E-state index is -0.929. The molecule has 0 bridgehead atoms. The van der Waals surface area contributed by atoms with Crippen molar-refractivity contribution in [2.24, 2.45) is 5.92 Å². The zero-order valence-electron chi connectivity index (χ0n) is 14.3. The molecule has 2 unspecified atom stereocenters. The van der Waals surface area contributed by atoms with Crippen LogP contribution in [-0.2, 0) is 4.79 Å². The number of urea groups is 1. The molecule has 2 aliphatic rings. The van der Waals surface area contributed by atoms with Crippen LogP contribution in [0.1, 0.15) is 30.9 Å². The second-order valence-corrected chi connectivity index (χ2v) is 7.11. The summed E-state index contributed by atoms with van der Waals surface area (Å²) in [7, 11) is 0. The van der Waals surface area contributed by atoms with E-state index in [1.807, 2.05) is 32.0 Å². The van der Waals surface area contributed by atoms with Crippen LogP contribution in [0, 0.1) is 19.8 Å². The standard InChI is InChI=1S/C18H24N2O4/c1-11-6-12(2)8-15(7-11)24-10-14(21)9-20-16(22)18(3,13-4-5-13)19-17(20)23/h6-8,13-14,21H,4-5,9-10H2,1-3H3,(H,19,23). The molecule has 130 valence electrons. The molecule has 6 heteroatoms. The smallest absolute Gasteiger partial charge is 0.325 e. The maximum Gasteiger partial charge on any atom is 0.325 e. The van der Waals surface area contributed by atoms with E-state index in [-0.39, 0.29) is 25.0 Å². The Labute approximate surface area is 141 Å². The van der Waals surface area contributed by atoms with Gasteiger partial charge in [-0.2, -0.15) is 0 Å². The van der Waals surface area contributed by atoms with Gasteiger partial charge in [0.15, 0.2) is 0 Å². The van der Waals surface area contributed by atoms with Gasteiger partial charge >= 0.3 is 6.03 Å². The number of hydrogen-bond donors (Lipinski definition) is 2. The summed E-state index contributed by atoms with van der Waals surface area (Å²) < 4.78 is 5.60. The van der Waals surface area contributed by atoms with E-state index in [4.69, 9.17) is 4.74 Å². The number of aliphatic hydroxyl groups is 1. The van der Waals surface area contributed by atoms with Gasteiger partial charge in [0.1, 0.15) is 24.0 Å². The Balaban J connectivity index is 1.57. The third-order valence-corrected chi connectivity index (χ3v) is 4.73. The summed E-state index contributed by atoms with van der Waals surface area (Å²) in [6, 6.07) is 5.38. The van der Waals surface area contributed by atoms with Gasteiger partial charge in [0.05, 0.1) is 6.54 Å². The first-order valence-corrected chi connectivity index (χ1v) is 8.33. The zero-order valence-corrected chi connectivity index (χ0v) is 14.3. The fourth-order valence-electron chi connectivity index (χ4n) is 3.29. The van der Waals surface area contributed by atoms with E-state index in [1.165, 1.54) is 0 Å². The minimum Gasteiger partial charge on any atom is -0.491 e. The van der Waals surface area contributed by atoms with E-state index < -0.39 is 17.7 Å². The number of nitrogens with one attached hydrogen (secondary N) is 1. The molecule has 3 amide bonds. The third-order valence-electron chi connectivity index (χ3n) is 4.73. The number of aliphatic hydroxyl groups excluding tert-OH is 1. The molecule has 2 atom stereocenters. The molecule has 1 saturated heterocycles. The normalized spacial score (nSPS) is 24.9. The predicted octanol–water partition coefficient (Wildman–Crippen LogP) is 1.76. The van der Waals surface area contributed by atoms with Gasteiger partial charge in [0, 0.05) is 0 Å². The lowest BCUT2D eigenvalue weighted by Crippen LogP contribution is -2.46. The molecule has 1 aliphatic carbocycles. The maximum absolute atomic E-state index is 12.5. The van der Waals surface area contributed by atoms with Crippen molar-refractivity contribution >= 4 is 11.9 Å². The first-order valence-electron chi connectivity index (χ1n) is 8.33. The third kappa shape index (κ3) is 3.24. The molecular formula is C18H24N2O4. The van der Waals surface area contributed by atoms with Gasteiger partial charge in [-0.15, -0.1) is 0 Å². The van der Waals surface area contributed by atoms with Crippen LogP contribution in [0.15, 0.2) is 18.2 Å². The van der Waals surface area contributed by atoms with Crippen LogP contribution in [0.4, 0.5) is 4.79 Å². The number of β-amino-alcohol motifs (C(OH)–C–C–N with tert-alkyl or cyclic N) is 1. The molecule has 0 radical (unpaired) electrons. The lowest BCUT2D eigenvalue weighted by molar-refractivity contribution is -0.132. The van der Waals surface area contributed by atoms with Crippen LogP contribution in [0.3, 0.4) is 0 Å². The van der Waals surface area contributed by atoms with Crippen molar-refractivity contribution < 1.29 is 19.4 Å². The number of amides is 3. The second-order valence-electron chi connectivity index (χ2n) is 7.11. The summed E-state index contributed by atoms with van der Waals surface area (Å²) in [6.07, 6.45) is 0.978. The number of imide groups is 1. The highest BCUT2D eigenvalue weighted by molar-refractivity contribution is 6.07. The van der Waals surface area contributed by atoms with Crippen LogP contribution in [0.2, 0.25) is 0 Å². The number of carbonyl (C=O) groups excluding carboxylic acids is 2. The molecule has 1 saturated carbocycles. The quantitative estimate of drug-likeness (QED) is 0.778.